The molecule has 1 N–H and O–H groups in total. The number of aromatic amines is 1. The van der Waals surface area contributed by atoms with Crippen LogP contribution in [0.25, 0.3) is 10.9 Å². The number of fused-ring (bicyclic) bond motifs is 3. The van der Waals surface area contributed by atoms with Crippen LogP contribution in [0.3, 0.4) is 0 Å². The van der Waals surface area contributed by atoms with E-state index in [0.29, 0.717) is 6.42 Å². The molecule has 0 aliphatic heterocycles. The molecule has 64 valence electrons. The first-order chi connectivity index (χ1) is 6.36. The lowest BCUT2D eigenvalue weighted by atomic mass is 10.1. The molecule has 1 aliphatic rings. The molecule has 0 bridgehead atoms. The first kappa shape index (κ1) is 6.89. The second-order valence-electron chi connectivity index (χ2n) is 3.45. The molecule has 0 atom stereocenters. The summed E-state index contributed by atoms with van der Waals surface area (Å²) in [4.78, 5) is 14.6. The Hall–Kier alpha value is -1.57. The van der Waals surface area contributed by atoms with E-state index < -0.39 is 0 Å². The molecule has 0 saturated carbocycles. The number of Topliss-reactive ketones (excluding diaryl/α,β-unsaturated/α-hetero) is 1. The summed E-state index contributed by atoms with van der Waals surface area (Å²) in [7, 11) is 0. The first-order valence-corrected chi connectivity index (χ1v) is 4.49. The lowest BCUT2D eigenvalue weighted by Crippen LogP contribution is -1.90. The summed E-state index contributed by atoms with van der Waals surface area (Å²) in [6.45, 7) is 0. The van der Waals surface area contributed by atoms with Gasteiger partial charge in [-0.05, 0) is 18.1 Å². The molecular weight excluding hydrogens is 162 g/mol. The van der Waals surface area contributed by atoms with E-state index in [2.05, 4.69) is 11.1 Å². The summed E-state index contributed by atoms with van der Waals surface area (Å²) in [5.41, 5.74) is 3.13. The van der Waals surface area contributed by atoms with E-state index in [1.807, 2.05) is 18.2 Å². The Morgan fingerprint density at radius 3 is 2.92 bits per heavy atom. The van der Waals surface area contributed by atoms with Gasteiger partial charge in [0, 0.05) is 17.3 Å². The van der Waals surface area contributed by atoms with Gasteiger partial charge in [-0.15, -0.1) is 0 Å². The summed E-state index contributed by atoms with van der Waals surface area (Å²) in [5, 5.41) is 1.21. The highest BCUT2D eigenvalue weighted by Gasteiger charge is 2.23. The van der Waals surface area contributed by atoms with Gasteiger partial charge in [-0.3, -0.25) is 4.79 Å². The van der Waals surface area contributed by atoms with Gasteiger partial charge in [-0.2, -0.15) is 0 Å². The monoisotopic (exact) mass is 171 g/mol. The standard InChI is InChI=1S/C11H9NO/c13-10-6-5-8-7-3-1-2-4-9(7)12-11(8)10/h1-4,12H,5-6H2. The topological polar surface area (TPSA) is 32.9 Å². The third kappa shape index (κ3) is 0.800. The zero-order chi connectivity index (χ0) is 8.84. The predicted molar refractivity (Wildman–Crippen MR) is 51.0 cm³/mol. The molecule has 1 heterocycles. The zero-order valence-electron chi connectivity index (χ0n) is 7.13. The Balaban J connectivity index is 2.44. The van der Waals surface area contributed by atoms with Crippen LogP contribution < -0.4 is 0 Å². The molecule has 2 heteroatoms. The molecule has 2 nitrogen and oxygen atoms in total. The van der Waals surface area contributed by atoms with Gasteiger partial charge in [0.2, 0.25) is 0 Å². The van der Waals surface area contributed by atoms with Crippen LogP contribution in [-0.2, 0) is 6.42 Å². The quantitative estimate of drug-likeness (QED) is 0.648. The van der Waals surface area contributed by atoms with Crippen LogP contribution in [0.4, 0.5) is 0 Å². The molecular formula is C11H9NO. The van der Waals surface area contributed by atoms with Crippen molar-refractivity contribution in [2.45, 2.75) is 12.8 Å². The van der Waals surface area contributed by atoms with E-state index in [0.717, 1.165) is 17.6 Å². The van der Waals surface area contributed by atoms with Gasteiger partial charge in [0.1, 0.15) is 0 Å². The number of ketones is 1. The predicted octanol–water partition coefficient (Wildman–Crippen LogP) is 2.30. The van der Waals surface area contributed by atoms with Crippen LogP contribution in [0.5, 0.6) is 0 Å². The fraction of sp³-hybridized carbons (Fsp3) is 0.182. The van der Waals surface area contributed by atoms with Gasteiger partial charge >= 0.3 is 0 Å². The van der Waals surface area contributed by atoms with Gasteiger partial charge in [-0.25, -0.2) is 0 Å². The average molecular weight is 171 g/mol. The average Bonchev–Trinajstić information content (AvgIpc) is 2.67. The maximum absolute atomic E-state index is 11.4. The number of carbonyl (C=O) groups is 1. The Morgan fingerprint density at radius 2 is 2.00 bits per heavy atom. The number of rotatable bonds is 0. The molecule has 0 unspecified atom stereocenters. The summed E-state index contributed by atoms with van der Waals surface area (Å²) in [6, 6.07) is 8.09. The lowest BCUT2D eigenvalue weighted by molar-refractivity contribution is 0.0991. The van der Waals surface area contributed by atoms with E-state index in [9.17, 15) is 4.79 Å². The van der Waals surface area contributed by atoms with E-state index >= 15 is 0 Å². The second-order valence-corrected chi connectivity index (χ2v) is 3.45. The molecule has 0 saturated heterocycles. The number of nitrogens with one attached hydrogen (secondary N) is 1. The van der Waals surface area contributed by atoms with Crippen molar-refractivity contribution in [3.8, 4) is 0 Å². The van der Waals surface area contributed by atoms with Crippen LogP contribution in [0.15, 0.2) is 24.3 Å². The van der Waals surface area contributed by atoms with E-state index in [-0.39, 0.29) is 5.78 Å². The molecule has 1 aromatic heterocycles. The maximum atomic E-state index is 11.4. The van der Waals surface area contributed by atoms with Gasteiger partial charge in [0.15, 0.2) is 5.78 Å². The van der Waals surface area contributed by atoms with Crippen molar-refractivity contribution >= 4 is 16.7 Å². The van der Waals surface area contributed by atoms with Gasteiger partial charge in [-0.1, -0.05) is 18.2 Å². The zero-order valence-corrected chi connectivity index (χ0v) is 7.13. The molecule has 0 amide bonds. The number of hydrogen-bond donors (Lipinski definition) is 1. The van der Waals surface area contributed by atoms with E-state index in [4.69, 9.17) is 0 Å². The van der Waals surface area contributed by atoms with Crippen molar-refractivity contribution in [3.63, 3.8) is 0 Å². The van der Waals surface area contributed by atoms with Crippen LogP contribution in [0, 0.1) is 0 Å². The summed E-state index contributed by atoms with van der Waals surface area (Å²) in [6.07, 6.45) is 1.57. The van der Waals surface area contributed by atoms with E-state index in [1.165, 1.54) is 10.9 Å². The first-order valence-electron chi connectivity index (χ1n) is 4.49. The van der Waals surface area contributed by atoms with Crippen molar-refractivity contribution in [2.24, 2.45) is 0 Å². The smallest absolute Gasteiger partial charge is 0.179 e. The molecule has 0 radical (unpaired) electrons. The Bertz CT molecular complexity index is 496. The number of carbonyl (C=O) groups excluding carboxylic acids is 1. The number of benzene rings is 1. The SMILES string of the molecule is O=C1CCc2c1[nH]c1ccccc21. The van der Waals surface area contributed by atoms with Crippen LogP contribution >= 0.6 is 0 Å². The molecule has 0 fully saturated rings. The minimum absolute atomic E-state index is 0.256. The molecule has 13 heavy (non-hydrogen) atoms. The summed E-state index contributed by atoms with van der Waals surface area (Å²) >= 11 is 0. The molecule has 0 spiro atoms. The highest BCUT2D eigenvalue weighted by molar-refractivity contribution is 6.05. The highest BCUT2D eigenvalue weighted by Crippen LogP contribution is 2.29. The van der Waals surface area contributed by atoms with Gasteiger partial charge in [0.05, 0.1) is 5.69 Å². The number of aryl methyl sites for hydroxylation is 1. The van der Waals surface area contributed by atoms with Crippen molar-refractivity contribution < 1.29 is 4.79 Å². The summed E-state index contributed by atoms with van der Waals surface area (Å²) < 4.78 is 0. The van der Waals surface area contributed by atoms with Crippen molar-refractivity contribution in [1.29, 1.82) is 0 Å². The number of para-hydroxylation sites is 1. The van der Waals surface area contributed by atoms with Crippen LogP contribution in [0.2, 0.25) is 0 Å². The molecule has 1 aliphatic carbocycles. The highest BCUT2D eigenvalue weighted by atomic mass is 16.1. The van der Waals surface area contributed by atoms with Crippen molar-refractivity contribution in [2.75, 3.05) is 0 Å². The van der Waals surface area contributed by atoms with E-state index in [1.54, 1.807) is 0 Å². The third-order valence-electron chi connectivity index (χ3n) is 2.69. The van der Waals surface area contributed by atoms with Crippen molar-refractivity contribution in [3.05, 3.63) is 35.5 Å². The largest absolute Gasteiger partial charge is 0.352 e. The third-order valence-corrected chi connectivity index (χ3v) is 2.69. The second kappa shape index (κ2) is 2.22. The van der Waals surface area contributed by atoms with Gasteiger partial charge < -0.3 is 4.98 Å². The molecule has 1 aromatic carbocycles. The molecule has 3 rings (SSSR count). The number of H-pyrrole nitrogens is 1. The fourth-order valence-electron chi connectivity index (χ4n) is 2.06. The Labute approximate surface area is 75.6 Å². The number of aromatic nitrogens is 1. The van der Waals surface area contributed by atoms with Crippen molar-refractivity contribution in [1.82, 2.24) is 4.98 Å². The lowest BCUT2D eigenvalue weighted by Gasteiger charge is -1.90. The minimum atomic E-state index is 0.256. The number of hydrogen-bond acceptors (Lipinski definition) is 1. The van der Waals surface area contributed by atoms with Gasteiger partial charge in [0.25, 0.3) is 0 Å². The summed E-state index contributed by atoms with van der Waals surface area (Å²) in [5.74, 6) is 0.256. The molecule has 2 aromatic rings. The minimum Gasteiger partial charge on any atom is -0.352 e. The fourth-order valence-corrected chi connectivity index (χ4v) is 2.06. The van der Waals surface area contributed by atoms with Crippen LogP contribution in [0.1, 0.15) is 22.5 Å². The maximum Gasteiger partial charge on any atom is 0.179 e. The van der Waals surface area contributed by atoms with Crippen LogP contribution in [-0.4, -0.2) is 10.8 Å². The Kier molecular flexibility index (Phi) is 1.18. The Morgan fingerprint density at radius 1 is 1.15 bits per heavy atom. The normalized spacial score (nSPS) is 15.2.